The molecule has 1 N–H and O–H groups in total. The Bertz CT molecular complexity index is 1980. The molecule has 0 radical (unpaired) electrons. The fourth-order valence-electron chi connectivity index (χ4n) is 7.80. The van der Waals surface area contributed by atoms with Gasteiger partial charge < -0.3 is 9.84 Å². The monoisotopic (exact) mass is 857 g/mol. The Morgan fingerprint density at radius 3 is 1.60 bits per heavy atom. The molecule has 2 rings (SSSR count). The molecule has 5 nitrogen and oxygen atoms in total. The first-order chi connectivity index (χ1) is 29.9. The van der Waals surface area contributed by atoms with E-state index in [2.05, 4.69) is 115 Å². The highest BCUT2D eigenvalue weighted by Gasteiger charge is 2.40. The normalized spacial score (nSPS) is 21.0. The lowest BCUT2D eigenvalue weighted by atomic mass is 9.71. The van der Waals surface area contributed by atoms with Gasteiger partial charge in [-0.1, -0.05) is 198 Å². The van der Waals surface area contributed by atoms with Gasteiger partial charge in [0.2, 0.25) is 0 Å². The lowest BCUT2D eigenvalue weighted by Crippen LogP contribution is -2.39. The van der Waals surface area contributed by atoms with Crippen LogP contribution in [-0.2, 0) is 19.1 Å². The summed E-state index contributed by atoms with van der Waals surface area (Å²) >= 11 is 0. The van der Waals surface area contributed by atoms with Crippen LogP contribution in [0.2, 0.25) is 0 Å². The molecule has 0 fully saturated rings. The molecule has 0 saturated carbocycles. The zero-order chi connectivity index (χ0) is 46.8. The fourth-order valence-corrected chi connectivity index (χ4v) is 7.80. The van der Waals surface area contributed by atoms with E-state index in [4.69, 9.17) is 4.74 Å². The van der Waals surface area contributed by atoms with Gasteiger partial charge in [0.05, 0.1) is 0 Å². The van der Waals surface area contributed by atoms with E-state index in [-0.39, 0.29) is 28.4 Å². The number of rotatable bonds is 24. The standard InChI is InChI=1S/C58H80O5/c1-12-13-14-15-16-17-18-19-20-21-22-23-24-25-26-37-54(60)63-53-43-58(10,11)51(49(7)56(53)62)41-39-47(5)36-30-34-45(3)32-28-27-31-44(2)33-29-35-46(4)38-40-50-48(6)55(61)52(59)42-57(50,8)9/h13-14,16-17,19-20,27-36,38-41,52-53,59H,12,15,18,21-26,37,42-43H2,1-11H3/b14-13-,17-16-,20-19-,28-27+,33-29+,34-30+,40-38+,41-39+,44-31+,45-32+,46-35+,47-36+/t52-,53-/m0/s1. The lowest BCUT2D eigenvalue weighted by Gasteiger charge is -2.36. The molecule has 2 aliphatic rings. The molecule has 0 aromatic rings. The van der Waals surface area contributed by atoms with Crippen LogP contribution in [0.25, 0.3) is 0 Å². The Balaban J connectivity index is 1.81. The van der Waals surface area contributed by atoms with Crippen molar-refractivity contribution in [1.29, 1.82) is 0 Å². The second-order valence-electron chi connectivity index (χ2n) is 18.5. The molecule has 0 aromatic carbocycles. The summed E-state index contributed by atoms with van der Waals surface area (Å²) in [6.07, 6.45) is 50.9. The Labute approximate surface area is 382 Å². The predicted molar refractivity (Wildman–Crippen MR) is 268 cm³/mol. The first kappa shape index (κ1) is 54.3. The molecule has 2 atom stereocenters. The quantitative estimate of drug-likeness (QED) is 0.0453. The van der Waals surface area contributed by atoms with Crippen LogP contribution in [0.4, 0.5) is 0 Å². The number of Topliss-reactive ketones (excluding diaryl/α,β-unsaturated/α-hetero) is 2. The Kier molecular flexibility index (Phi) is 24.8. The highest BCUT2D eigenvalue weighted by molar-refractivity contribution is 6.02. The van der Waals surface area contributed by atoms with E-state index < -0.39 is 12.2 Å². The van der Waals surface area contributed by atoms with Gasteiger partial charge in [0.15, 0.2) is 17.7 Å². The van der Waals surface area contributed by atoms with Crippen LogP contribution in [0.3, 0.4) is 0 Å². The van der Waals surface area contributed by atoms with Crippen LogP contribution in [-0.4, -0.2) is 34.9 Å². The summed E-state index contributed by atoms with van der Waals surface area (Å²) in [5.41, 5.74) is 7.06. The van der Waals surface area contributed by atoms with E-state index in [0.29, 0.717) is 30.4 Å². The minimum Gasteiger partial charge on any atom is -0.454 e. The van der Waals surface area contributed by atoms with E-state index in [9.17, 15) is 19.5 Å². The molecule has 5 heteroatoms. The number of carbonyl (C=O) groups excluding carboxylic acids is 3. The van der Waals surface area contributed by atoms with Crippen molar-refractivity contribution in [2.45, 2.75) is 165 Å². The summed E-state index contributed by atoms with van der Waals surface area (Å²) in [5.74, 6) is -0.549. The maximum Gasteiger partial charge on any atom is 0.306 e. The molecule has 63 heavy (non-hydrogen) atoms. The van der Waals surface area contributed by atoms with Gasteiger partial charge in [-0.2, -0.15) is 0 Å². The first-order valence-electron chi connectivity index (χ1n) is 23.3. The summed E-state index contributed by atoms with van der Waals surface area (Å²) in [7, 11) is 0. The minimum absolute atomic E-state index is 0.0959. The summed E-state index contributed by atoms with van der Waals surface area (Å²) in [6.45, 7) is 22.4. The minimum atomic E-state index is -0.915. The maximum atomic E-state index is 13.3. The molecular formula is C58H80O5. The average Bonchev–Trinajstić information content (AvgIpc) is 3.21. The van der Waals surface area contributed by atoms with Crippen molar-refractivity contribution in [2.24, 2.45) is 10.8 Å². The van der Waals surface area contributed by atoms with Gasteiger partial charge in [0, 0.05) is 12.8 Å². The SMILES string of the molecule is CC/C=C\C/C=C\C/C=C\CCCCCCCC(=O)O[C@H]1CC(C)(C)C(/C=C/C(C)=C/C=C/C(C)=C/C=C/C=C(C)/C=C/C=C(C)/C=C/C2=C(C)C(=O)[C@@H](O)CC2(C)C)=C(C)C1=O. The largest absolute Gasteiger partial charge is 0.454 e. The molecule has 0 aromatic heterocycles. The van der Waals surface area contributed by atoms with E-state index in [1.807, 2.05) is 75.5 Å². The second-order valence-corrected chi connectivity index (χ2v) is 18.5. The highest BCUT2D eigenvalue weighted by Crippen LogP contribution is 2.41. The first-order valence-corrected chi connectivity index (χ1v) is 23.3. The van der Waals surface area contributed by atoms with Crippen LogP contribution >= 0.6 is 0 Å². The molecule has 0 spiro atoms. The fraction of sp³-hybridized carbons (Fsp3) is 0.466. The summed E-state index contributed by atoms with van der Waals surface area (Å²) in [6, 6.07) is 0. The number of carbonyl (C=O) groups is 3. The zero-order valence-electron chi connectivity index (χ0n) is 40.8. The molecule has 342 valence electrons. The van der Waals surface area contributed by atoms with Crippen molar-refractivity contribution >= 4 is 17.5 Å². The molecule has 0 heterocycles. The zero-order valence-corrected chi connectivity index (χ0v) is 40.8. The van der Waals surface area contributed by atoms with E-state index in [1.165, 1.54) is 0 Å². The third-order valence-electron chi connectivity index (χ3n) is 11.6. The van der Waals surface area contributed by atoms with Gasteiger partial charge in [-0.15, -0.1) is 0 Å². The number of allylic oxidation sites excluding steroid dienone is 26. The van der Waals surface area contributed by atoms with Crippen molar-refractivity contribution in [3.63, 3.8) is 0 Å². The number of aliphatic hydroxyl groups is 1. The maximum absolute atomic E-state index is 13.3. The number of esters is 1. The number of hydrogen-bond donors (Lipinski definition) is 1. The average molecular weight is 857 g/mol. The van der Waals surface area contributed by atoms with Crippen molar-refractivity contribution in [3.8, 4) is 0 Å². The lowest BCUT2D eigenvalue weighted by molar-refractivity contribution is -0.156. The van der Waals surface area contributed by atoms with Gasteiger partial charge in [0.25, 0.3) is 0 Å². The van der Waals surface area contributed by atoms with Gasteiger partial charge in [-0.05, 0) is 120 Å². The third-order valence-corrected chi connectivity index (χ3v) is 11.6. The van der Waals surface area contributed by atoms with Gasteiger partial charge in [-0.25, -0.2) is 0 Å². The topological polar surface area (TPSA) is 80.7 Å². The summed E-state index contributed by atoms with van der Waals surface area (Å²) in [4.78, 5) is 38.4. The summed E-state index contributed by atoms with van der Waals surface area (Å²) < 4.78 is 5.76. The predicted octanol–water partition coefficient (Wildman–Crippen LogP) is 15.0. The van der Waals surface area contributed by atoms with Crippen LogP contribution < -0.4 is 0 Å². The van der Waals surface area contributed by atoms with E-state index >= 15 is 0 Å². The van der Waals surface area contributed by atoms with Crippen LogP contribution in [0.1, 0.15) is 153 Å². The highest BCUT2D eigenvalue weighted by atomic mass is 16.5. The van der Waals surface area contributed by atoms with Crippen molar-refractivity contribution in [2.75, 3.05) is 0 Å². The van der Waals surface area contributed by atoms with Crippen molar-refractivity contribution in [1.82, 2.24) is 0 Å². The number of unbranched alkanes of at least 4 members (excludes halogenated alkanes) is 5. The Morgan fingerprint density at radius 2 is 1.05 bits per heavy atom. The van der Waals surface area contributed by atoms with Crippen LogP contribution in [0.5, 0.6) is 0 Å². The van der Waals surface area contributed by atoms with Gasteiger partial charge >= 0.3 is 5.97 Å². The van der Waals surface area contributed by atoms with Gasteiger partial charge in [-0.3, -0.25) is 14.4 Å². The number of ether oxygens (including phenoxy) is 1. The summed E-state index contributed by atoms with van der Waals surface area (Å²) in [5, 5.41) is 10.1. The second kappa shape index (κ2) is 28.7. The van der Waals surface area contributed by atoms with Crippen LogP contribution in [0, 0.1) is 10.8 Å². The molecule has 2 aliphatic carbocycles. The molecular weight excluding hydrogens is 777 g/mol. The number of hydrogen-bond acceptors (Lipinski definition) is 5. The molecule has 0 saturated heterocycles. The van der Waals surface area contributed by atoms with Gasteiger partial charge in [0.1, 0.15) is 6.10 Å². The van der Waals surface area contributed by atoms with Crippen LogP contribution in [0.15, 0.2) is 166 Å². The molecule has 0 aliphatic heterocycles. The smallest absolute Gasteiger partial charge is 0.306 e. The molecule has 0 bridgehead atoms. The third kappa shape index (κ3) is 20.9. The van der Waals surface area contributed by atoms with Crippen molar-refractivity contribution in [3.05, 3.63) is 166 Å². The molecule has 0 amide bonds. The van der Waals surface area contributed by atoms with E-state index in [0.717, 1.165) is 91.2 Å². The Morgan fingerprint density at radius 1 is 0.603 bits per heavy atom. The Hall–Kier alpha value is -4.87. The number of aliphatic hydroxyl groups excluding tert-OH is 1. The number of ketones is 2. The van der Waals surface area contributed by atoms with Crippen molar-refractivity contribution < 1.29 is 24.2 Å². The molecule has 0 unspecified atom stereocenters. The van der Waals surface area contributed by atoms with E-state index in [1.54, 1.807) is 6.92 Å².